The molecule has 0 aliphatic heterocycles. The lowest BCUT2D eigenvalue weighted by atomic mass is 9.98. The average molecular weight is 380 g/mol. The van der Waals surface area contributed by atoms with Crippen molar-refractivity contribution >= 4 is 0 Å². The van der Waals surface area contributed by atoms with Crippen LogP contribution in [0.15, 0.2) is 60.7 Å². The van der Waals surface area contributed by atoms with Gasteiger partial charge in [0.25, 0.3) is 0 Å². The fraction of sp³-hybridized carbons (Fsp3) is 0.280. The standard InChI is InChI=1S/C25H26F2O/c1-3-5-6-7-18-8-10-19(11-9-18)20-12-14-21(15-13-20)22-16-17-23(28-4-2)25(27)24(22)26/h8-17H,3-7H2,1-2H3. The number of unbranched alkanes of at least 4 members (excludes halogenated alkanes) is 2. The van der Waals surface area contributed by atoms with Gasteiger partial charge in [-0.3, -0.25) is 0 Å². The molecule has 0 aromatic heterocycles. The molecule has 0 heterocycles. The van der Waals surface area contributed by atoms with Crippen molar-refractivity contribution in [1.82, 2.24) is 0 Å². The van der Waals surface area contributed by atoms with Gasteiger partial charge in [-0.25, -0.2) is 4.39 Å². The predicted octanol–water partition coefficient (Wildman–Crippen LogP) is 7.43. The van der Waals surface area contributed by atoms with Crippen LogP contribution in [0.1, 0.15) is 38.7 Å². The van der Waals surface area contributed by atoms with E-state index in [9.17, 15) is 8.78 Å². The summed E-state index contributed by atoms with van der Waals surface area (Å²) in [6.07, 6.45) is 4.81. The third-order valence-corrected chi connectivity index (χ3v) is 4.90. The minimum absolute atomic E-state index is 0.0561. The predicted molar refractivity (Wildman–Crippen MR) is 112 cm³/mol. The Labute approximate surface area is 166 Å². The zero-order chi connectivity index (χ0) is 19.9. The lowest BCUT2D eigenvalue weighted by molar-refractivity contribution is 0.314. The van der Waals surface area contributed by atoms with Crippen molar-refractivity contribution < 1.29 is 13.5 Å². The largest absolute Gasteiger partial charge is 0.491 e. The first kappa shape index (κ1) is 20.1. The molecule has 0 aliphatic carbocycles. The number of hydrogen-bond donors (Lipinski definition) is 0. The van der Waals surface area contributed by atoms with Crippen LogP contribution < -0.4 is 4.74 Å². The highest BCUT2D eigenvalue weighted by atomic mass is 19.2. The molecule has 0 atom stereocenters. The lowest BCUT2D eigenvalue weighted by Crippen LogP contribution is -1.98. The van der Waals surface area contributed by atoms with E-state index in [-0.39, 0.29) is 11.3 Å². The minimum atomic E-state index is -0.943. The van der Waals surface area contributed by atoms with E-state index in [4.69, 9.17) is 4.74 Å². The van der Waals surface area contributed by atoms with Gasteiger partial charge in [0.15, 0.2) is 11.6 Å². The molecule has 0 N–H and O–H groups in total. The Kier molecular flexibility index (Phi) is 6.80. The van der Waals surface area contributed by atoms with E-state index < -0.39 is 11.6 Å². The van der Waals surface area contributed by atoms with E-state index >= 15 is 0 Å². The van der Waals surface area contributed by atoms with E-state index in [0.717, 1.165) is 17.5 Å². The summed E-state index contributed by atoms with van der Waals surface area (Å²) in [7, 11) is 0. The molecule has 0 saturated heterocycles. The van der Waals surface area contributed by atoms with E-state index in [2.05, 4.69) is 31.2 Å². The Morgan fingerprint density at radius 3 is 1.89 bits per heavy atom. The number of halogens is 2. The zero-order valence-electron chi connectivity index (χ0n) is 16.5. The lowest BCUT2D eigenvalue weighted by Gasteiger charge is -2.10. The molecule has 3 aromatic carbocycles. The molecule has 3 aromatic rings. The maximum Gasteiger partial charge on any atom is 0.201 e. The topological polar surface area (TPSA) is 9.23 Å². The molecule has 0 amide bonds. The average Bonchev–Trinajstić information content (AvgIpc) is 2.73. The third-order valence-electron chi connectivity index (χ3n) is 4.90. The number of hydrogen-bond acceptors (Lipinski definition) is 1. The molecule has 146 valence electrons. The smallest absolute Gasteiger partial charge is 0.201 e. The summed E-state index contributed by atoms with van der Waals surface area (Å²) in [6.45, 7) is 4.24. The van der Waals surface area contributed by atoms with Crippen LogP contribution >= 0.6 is 0 Å². The van der Waals surface area contributed by atoms with Gasteiger partial charge in [0.1, 0.15) is 0 Å². The van der Waals surface area contributed by atoms with E-state index in [0.29, 0.717) is 12.2 Å². The highest BCUT2D eigenvalue weighted by Crippen LogP contribution is 2.31. The van der Waals surface area contributed by atoms with Crippen molar-refractivity contribution in [3.8, 4) is 28.0 Å². The van der Waals surface area contributed by atoms with Gasteiger partial charge in [0.05, 0.1) is 6.61 Å². The van der Waals surface area contributed by atoms with Crippen LogP contribution in [-0.4, -0.2) is 6.61 Å². The van der Waals surface area contributed by atoms with Gasteiger partial charge in [-0.15, -0.1) is 0 Å². The quantitative estimate of drug-likeness (QED) is 0.369. The maximum atomic E-state index is 14.4. The minimum Gasteiger partial charge on any atom is -0.491 e. The monoisotopic (exact) mass is 380 g/mol. The van der Waals surface area contributed by atoms with E-state index in [1.165, 1.54) is 30.9 Å². The second kappa shape index (κ2) is 9.50. The van der Waals surface area contributed by atoms with Gasteiger partial charge in [-0.2, -0.15) is 4.39 Å². The molecule has 28 heavy (non-hydrogen) atoms. The summed E-state index contributed by atoms with van der Waals surface area (Å²) in [6, 6.07) is 19.1. The van der Waals surface area contributed by atoms with Crippen LogP contribution in [0.2, 0.25) is 0 Å². The molecule has 0 aliphatic rings. The summed E-state index contributed by atoms with van der Waals surface area (Å²) >= 11 is 0. The number of benzene rings is 3. The molecule has 0 bridgehead atoms. The van der Waals surface area contributed by atoms with Gasteiger partial charge >= 0.3 is 0 Å². The summed E-state index contributed by atoms with van der Waals surface area (Å²) in [5.74, 6) is -1.88. The maximum absolute atomic E-state index is 14.4. The van der Waals surface area contributed by atoms with Crippen LogP contribution in [0.5, 0.6) is 5.75 Å². The Balaban J connectivity index is 1.77. The Bertz CT molecular complexity index is 899. The van der Waals surface area contributed by atoms with Gasteiger partial charge in [0, 0.05) is 5.56 Å². The third kappa shape index (κ3) is 4.59. The summed E-state index contributed by atoms with van der Waals surface area (Å²) < 4.78 is 33.7. The number of aryl methyl sites for hydroxylation is 1. The van der Waals surface area contributed by atoms with Crippen LogP contribution in [0.25, 0.3) is 22.3 Å². The molecular weight excluding hydrogens is 354 g/mol. The zero-order valence-corrected chi connectivity index (χ0v) is 16.5. The van der Waals surface area contributed by atoms with Crippen molar-refractivity contribution in [2.75, 3.05) is 6.61 Å². The van der Waals surface area contributed by atoms with Crippen LogP contribution in [0.3, 0.4) is 0 Å². The van der Waals surface area contributed by atoms with Crippen molar-refractivity contribution in [2.45, 2.75) is 39.5 Å². The van der Waals surface area contributed by atoms with Gasteiger partial charge < -0.3 is 4.74 Å². The van der Waals surface area contributed by atoms with Gasteiger partial charge in [-0.05, 0) is 54.2 Å². The van der Waals surface area contributed by atoms with Crippen LogP contribution in [0.4, 0.5) is 8.78 Å². The Morgan fingerprint density at radius 2 is 1.29 bits per heavy atom. The van der Waals surface area contributed by atoms with Crippen LogP contribution in [0, 0.1) is 11.6 Å². The van der Waals surface area contributed by atoms with E-state index in [1.54, 1.807) is 13.0 Å². The van der Waals surface area contributed by atoms with Crippen molar-refractivity contribution in [3.05, 3.63) is 77.9 Å². The summed E-state index contributed by atoms with van der Waals surface area (Å²) in [5, 5.41) is 0. The normalized spacial score (nSPS) is 10.9. The fourth-order valence-corrected chi connectivity index (χ4v) is 3.31. The summed E-state index contributed by atoms with van der Waals surface area (Å²) in [4.78, 5) is 0. The van der Waals surface area contributed by atoms with Crippen molar-refractivity contribution in [2.24, 2.45) is 0 Å². The second-order valence-electron chi connectivity index (χ2n) is 6.90. The molecule has 3 heteroatoms. The molecule has 0 radical (unpaired) electrons. The second-order valence-corrected chi connectivity index (χ2v) is 6.90. The number of rotatable bonds is 8. The molecule has 3 rings (SSSR count). The summed E-state index contributed by atoms with van der Waals surface area (Å²) in [5.41, 5.74) is 4.39. The molecule has 0 unspecified atom stereocenters. The molecule has 1 nitrogen and oxygen atoms in total. The SMILES string of the molecule is CCCCCc1ccc(-c2ccc(-c3ccc(OCC)c(F)c3F)cc2)cc1. The number of ether oxygens (including phenoxy) is 1. The fourth-order valence-electron chi connectivity index (χ4n) is 3.31. The highest BCUT2D eigenvalue weighted by Gasteiger charge is 2.15. The first-order chi connectivity index (χ1) is 13.6. The van der Waals surface area contributed by atoms with Gasteiger partial charge in [0.2, 0.25) is 5.82 Å². The molecule has 0 fully saturated rings. The Morgan fingerprint density at radius 1 is 0.679 bits per heavy atom. The van der Waals surface area contributed by atoms with Gasteiger partial charge in [-0.1, -0.05) is 68.3 Å². The van der Waals surface area contributed by atoms with Crippen LogP contribution in [-0.2, 0) is 6.42 Å². The van der Waals surface area contributed by atoms with Crippen molar-refractivity contribution in [1.29, 1.82) is 0 Å². The Hall–Kier alpha value is -2.68. The highest BCUT2D eigenvalue weighted by molar-refractivity contribution is 5.71. The first-order valence-electron chi connectivity index (χ1n) is 9.94. The molecule has 0 spiro atoms. The molecule has 0 saturated carbocycles. The van der Waals surface area contributed by atoms with Crippen molar-refractivity contribution in [3.63, 3.8) is 0 Å². The molecular formula is C25H26F2O. The first-order valence-corrected chi connectivity index (χ1v) is 9.94. The van der Waals surface area contributed by atoms with E-state index in [1.807, 2.05) is 24.3 Å².